The third kappa shape index (κ3) is 4.48. The van der Waals surface area contributed by atoms with Gasteiger partial charge in [0.15, 0.2) is 14.5 Å². The van der Waals surface area contributed by atoms with Gasteiger partial charge in [0.05, 0.1) is 24.7 Å². The first-order valence-electron chi connectivity index (χ1n) is 8.36. The molecule has 8 heteroatoms. The van der Waals surface area contributed by atoms with E-state index in [1.807, 2.05) is 6.92 Å². The zero-order valence-corrected chi connectivity index (χ0v) is 16.8. The van der Waals surface area contributed by atoms with Crippen LogP contribution in [-0.2, 0) is 16.4 Å². The van der Waals surface area contributed by atoms with Crippen LogP contribution in [0.5, 0.6) is 5.75 Å². The minimum atomic E-state index is -3.12. The van der Waals surface area contributed by atoms with Crippen LogP contribution >= 0.6 is 15.9 Å². The lowest BCUT2D eigenvalue weighted by atomic mass is 10.1. The summed E-state index contributed by atoms with van der Waals surface area (Å²) in [6.07, 6.45) is 0.432. The molecule has 0 radical (unpaired) electrons. The minimum Gasteiger partial charge on any atom is -0.494 e. The first kappa shape index (κ1) is 19.0. The summed E-state index contributed by atoms with van der Waals surface area (Å²) in [5, 5.41) is 0. The normalized spacial score (nSPS) is 18.6. The van der Waals surface area contributed by atoms with Gasteiger partial charge in [-0.1, -0.05) is 6.07 Å². The van der Waals surface area contributed by atoms with Crippen molar-refractivity contribution in [1.29, 1.82) is 0 Å². The highest BCUT2D eigenvalue weighted by atomic mass is 79.9. The van der Waals surface area contributed by atoms with Crippen molar-refractivity contribution in [2.75, 3.05) is 18.1 Å². The van der Waals surface area contributed by atoms with Crippen molar-refractivity contribution in [3.05, 3.63) is 52.4 Å². The Balaban J connectivity index is 1.89. The van der Waals surface area contributed by atoms with E-state index in [9.17, 15) is 13.2 Å². The standard InChI is InChI=1S/C18H20BrNO5S/c1-2-24-15-5-3-4-13(10-15)18(21)20(11-16-6-7-17(19)25-16)14-8-9-26(22,23)12-14/h3-7,10,14H,2,8-9,11-12H2,1H3/t14-/m0/s1. The van der Waals surface area contributed by atoms with Crippen LogP contribution in [0.15, 0.2) is 45.5 Å². The molecule has 1 aromatic carbocycles. The Kier molecular flexibility index (Phi) is 5.72. The van der Waals surface area contributed by atoms with Gasteiger partial charge in [0.2, 0.25) is 0 Å². The molecule has 2 aromatic rings. The van der Waals surface area contributed by atoms with E-state index in [1.54, 1.807) is 41.3 Å². The number of nitrogens with zero attached hydrogens (tertiary/aromatic N) is 1. The fourth-order valence-electron chi connectivity index (χ4n) is 3.04. The van der Waals surface area contributed by atoms with Gasteiger partial charge in [0.1, 0.15) is 11.5 Å². The van der Waals surface area contributed by atoms with Gasteiger partial charge in [-0.3, -0.25) is 4.79 Å². The zero-order chi connectivity index (χ0) is 18.7. The highest BCUT2D eigenvalue weighted by molar-refractivity contribution is 9.10. The zero-order valence-electron chi connectivity index (χ0n) is 14.4. The Bertz CT molecular complexity index is 892. The molecule has 26 heavy (non-hydrogen) atoms. The summed E-state index contributed by atoms with van der Waals surface area (Å²) >= 11 is 3.25. The lowest BCUT2D eigenvalue weighted by Gasteiger charge is -2.27. The molecule has 1 fully saturated rings. The molecule has 1 saturated heterocycles. The van der Waals surface area contributed by atoms with Crippen LogP contribution in [0.25, 0.3) is 0 Å². The average molecular weight is 442 g/mol. The number of halogens is 1. The highest BCUT2D eigenvalue weighted by Gasteiger charge is 2.35. The molecule has 0 saturated carbocycles. The van der Waals surface area contributed by atoms with E-state index in [2.05, 4.69) is 15.9 Å². The van der Waals surface area contributed by atoms with Crippen LogP contribution in [-0.4, -0.2) is 43.4 Å². The number of furan rings is 1. The Morgan fingerprint density at radius 1 is 1.35 bits per heavy atom. The average Bonchev–Trinajstić information content (AvgIpc) is 3.17. The largest absolute Gasteiger partial charge is 0.494 e. The molecule has 0 bridgehead atoms. The fourth-order valence-corrected chi connectivity index (χ4v) is 5.11. The summed E-state index contributed by atoms with van der Waals surface area (Å²) in [7, 11) is -3.12. The Hall–Kier alpha value is -1.80. The fraction of sp³-hybridized carbons (Fsp3) is 0.389. The van der Waals surface area contributed by atoms with Crippen molar-refractivity contribution < 1.29 is 22.4 Å². The maximum atomic E-state index is 13.1. The number of hydrogen-bond donors (Lipinski definition) is 0. The Labute approximate surface area is 161 Å². The summed E-state index contributed by atoms with van der Waals surface area (Å²) in [5.74, 6) is 1.04. The van der Waals surface area contributed by atoms with Gasteiger partial charge in [-0.25, -0.2) is 8.42 Å². The van der Waals surface area contributed by atoms with Gasteiger partial charge >= 0.3 is 0 Å². The molecule has 0 unspecified atom stereocenters. The first-order valence-corrected chi connectivity index (χ1v) is 11.0. The molecule has 1 aromatic heterocycles. The second kappa shape index (κ2) is 7.84. The van der Waals surface area contributed by atoms with E-state index >= 15 is 0 Å². The molecule has 1 aliphatic rings. The lowest BCUT2D eigenvalue weighted by Crippen LogP contribution is -2.40. The quantitative estimate of drug-likeness (QED) is 0.687. The minimum absolute atomic E-state index is 0.0221. The molecule has 3 rings (SSSR count). The molecule has 1 amide bonds. The van der Waals surface area contributed by atoms with Crippen molar-refractivity contribution in [1.82, 2.24) is 4.90 Å². The summed E-state index contributed by atoms with van der Waals surface area (Å²) in [5.41, 5.74) is 0.464. The molecular weight excluding hydrogens is 422 g/mol. The van der Waals surface area contributed by atoms with E-state index in [-0.39, 0.29) is 30.0 Å². The van der Waals surface area contributed by atoms with Crippen molar-refractivity contribution in [3.63, 3.8) is 0 Å². The van der Waals surface area contributed by atoms with Crippen molar-refractivity contribution in [3.8, 4) is 5.75 Å². The monoisotopic (exact) mass is 441 g/mol. The van der Waals surface area contributed by atoms with Gasteiger partial charge in [-0.2, -0.15) is 0 Å². The second-order valence-corrected chi connectivity index (χ2v) is 9.17. The van der Waals surface area contributed by atoms with Crippen LogP contribution in [0.4, 0.5) is 0 Å². The highest BCUT2D eigenvalue weighted by Crippen LogP contribution is 2.25. The smallest absolute Gasteiger partial charge is 0.254 e. The number of carbonyl (C=O) groups excluding carboxylic acids is 1. The number of benzene rings is 1. The molecule has 140 valence electrons. The predicted octanol–water partition coefficient (Wildman–Crippen LogP) is 3.27. The molecule has 0 aliphatic carbocycles. The maximum Gasteiger partial charge on any atom is 0.254 e. The van der Waals surface area contributed by atoms with Gasteiger partial charge in [0, 0.05) is 11.6 Å². The number of ether oxygens (including phenoxy) is 1. The molecule has 1 atom stereocenters. The summed E-state index contributed by atoms with van der Waals surface area (Å²) < 4.78 is 35.4. The van der Waals surface area contributed by atoms with Crippen molar-refractivity contribution in [2.24, 2.45) is 0 Å². The Morgan fingerprint density at radius 3 is 2.77 bits per heavy atom. The maximum absolute atomic E-state index is 13.1. The summed E-state index contributed by atoms with van der Waals surface area (Å²) in [6, 6.07) is 10.1. The van der Waals surface area contributed by atoms with E-state index in [1.165, 1.54) is 0 Å². The third-order valence-corrected chi connectivity index (χ3v) is 6.43. The van der Waals surface area contributed by atoms with Crippen LogP contribution in [0.1, 0.15) is 29.5 Å². The van der Waals surface area contributed by atoms with E-state index in [0.29, 0.717) is 34.8 Å². The topological polar surface area (TPSA) is 76.8 Å². The van der Waals surface area contributed by atoms with Gasteiger partial charge in [0.25, 0.3) is 5.91 Å². The van der Waals surface area contributed by atoms with Crippen LogP contribution in [0.2, 0.25) is 0 Å². The third-order valence-electron chi connectivity index (χ3n) is 4.26. The summed E-state index contributed by atoms with van der Waals surface area (Å²) in [6.45, 7) is 2.59. The van der Waals surface area contributed by atoms with Gasteiger partial charge in [-0.15, -0.1) is 0 Å². The summed E-state index contributed by atoms with van der Waals surface area (Å²) in [4.78, 5) is 14.7. The molecular formula is C18H20BrNO5S. The first-order chi connectivity index (χ1) is 12.4. The van der Waals surface area contributed by atoms with E-state index in [4.69, 9.17) is 9.15 Å². The Morgan fingerprint density at radius 2 is 2.15 bits per heavy atom. The van der Waals surface area contributed by atoms with Gasteiger partial charge in [-0.05, 0) is 59.6 Å². The van der Waals surface area contributed by atoms with Crippen LogP contribution in [0.3, 0.4) is 0 Å². The number of sulfone groups is 1. The number of rotatable bonds is 6. The van der Waals surface area contributed by atoms with E-state index in [0.717, 1.165) is 0 Å². The number of hydrogen-bond acceptors (Lipinski definition) is 5. The number of carbonyl (C=O) groups is 1. The SMILES string of the molecule is CCOc1cccc(C(=O)N(Cc2ccc(Br)o2)[C@H]2CCS(=O)(=O)C2)c1. The lowest BCUT2D eigenvalue weighted by molar-refractivity contribution is 0.0665. The molecule has 6 nitrogen and oxygen atoms in total. The number of amides is 1. The molecule has 1 aliphatic heterocycles. The van der Waals surface area contributed by atoms with E-state index < -0.39 is 9.84 Å². The van der Waals surface area contributed by atoms with Crippen LogP contribution < -0.4 is 4.74 Å². The molecule has 0 spiro atoms. The molecule has 2 heterocycles. The van der Waals surface area contributed by atoms with Gasteiger partial charge < -0.3 is 14.1 Å². The second-order valence-electron chi connectivity index (χ2n) is 6.16. The van der Waals surface area contributed by atoms with Crippen LogP contribution in [0, 0.1) is 0 Å². The van der Waals surface area contributed by atoms with Crippen molar-refractivity contribution in [2.45, 2.75) is 25.9 Å². The van der Waals surface area contributed by atoms with Crippen molar-refractivity contribution >= 4 is 31.7 Å². The molecule has 0 N–H and O–H groups in total. The predicted molar refractivity (Wildman–Crippen MR) is 101 cm³/mol.